The summed E-state index contributed by atoms with van der Waals surface area (Å²) in [7, 11) is 0. The Morgan fingerprint density at radius 2 is 2.38 bits per heavy atom. The fourth-order valence-corrected chi connectivity index (χ4v) is 1.50. The second kappa shape index (κ2) is 3.66. The van der Waals surface area contributed by atoms with Crippen molar-refractivity contribution in [1.82, 2.24) is 19.7 Å². The van der Waals surface area contributed by atoms with Gasteiger partial charge in [-0.2, -0.15) is 5.10 Å². The van der Waals surface area contributed by atoms with E-state index in [4.69, 9.17) is 0 Å². The zero-order chi connectivity index (χ0) is 9.10. The van der Waals surface area contributed by atoms with E-state index in [9.17, 15) is 0 Å². The van der Waals surface area contributed by atoms with Gasteiger partial charge in [-0.05, 0) is 6.07 Å². The highest BCUT2D eigenvalue weighted by Crippen LogP contribution is 2.12. The van der Waals surface area contributed by atoms with Crippen LogP contribution in [0.1, 0.15) is 5.56 Å². The lowest BCUT2D eigenvalue weighted by Crippen LogP contribution is -2.01. The number of halogens is 1. The minimum absolute atomic E-state index is 0.760. The maximum Gasteiger partial charge on any atom is 0.159 e. The van der Waals surface area contributed by atoms with Gasteiger partial charge in [-0.3, -0.25) is 0 Å². The highest BCUT2D eigenvalue weighted by Gasteiger charge is 2.03. The van der Waals surface area contributed by atoms with Crippen LogP contribution in [0.15, 0.2) is 31.0 Å². The molecule has 0 saturated carbocycles. The smallest absolute Gasteiger partial charge is 0.159 e. The van der Waals surface area contributed by atoms with Crippen LogP contribution in [-0.2, 0) is 5.33 Å². The van der Waals surface area contributed by atoms with Gasteiger partial charge in [0.1, 0.15) is 12.7 Å². The number of rotatable bonds is 2. The van der Waals surface area contributed by atoms with Crippen molar-refractivity contribution in [3.63, 3.8) is 0 Å². The molecule has 0 aliphatic heterocycles. The van der Waals surface area contributed by atoms with Gasteiger partial charge < -0.3 is 0 Å². The molecule has 2 rings (SSSR count). The molecule has 0 spiro atoms. The predicted octanol–water partition coefficient (Wildman–Crippen LogP) is 1.56. The van der Waals surface area contributed by atoms with Gasteiger partial charge in [0.05, 0.1) is 0 Å². The van der Waals surface area contributed by atoms with Gasteiger partial charge in [-0.25, -0.2) is 14.6 Å². The van der Waals surface area contributed by atoms with Crippen molar-refractivity contribution in [3.05, 3.63) is 36.5 Å². The highest BCUT2D eigenvalue weighted by molar-refractivity contribution is 9.08. The van der Waals surface area contributed by atoms with E-state index in [0.29, 0.717) is 0 Å². The monoisotopic (exact) mass is 238 g/mol. The maximum atomic E-state index is 4.22. The quantitative estimate of drug-likeness (QED) is 0.747. The molecule has 0 aliphatic rings. The Hall–Kier alpha value is -1.23. The van der Waals surface area contributed by atoms with Crippen LogP contribution in [-0.4, -0.2) is 19.7 Å². The Labute approximate surface area is 83.8 Å². The van der Waals surface area contributed by atoms with E-state index in [1.165, 1.54) is 6.33 Å². The molecule has 66 valence electrons. The minimum Gasteiger partial charge on any atom is -0.237 e. The second-order valence-electron chi connectivity index (χ2n) is 2.46. The fourth-order valence-electron chi connectivity index (χ4n) is 1.06. The molecule has 0 amide bonds. The van der Waals surface area contributed by atoms with E-state index >= 15 is 0 Å². The van der Waals surface area contributed by atoms with Crippen molar-refractivity contribution < 1.29 is 0 Å². The average molecular weight is 239 g/mol. The third-order valence-corrected chi connectivity index (χ3v) is 2.25. The van der Waals surface area contributed by atoms with Gasteiger partial charge in [-0.15, -0.1) is 0 Å². The molecule has 0 atom stereocenters. The van der Waals surface area contributed by atoms with Crippen LogP contribution in [0.5, 0.6) is 0 Å². The zero-order valence-corrected chi connectivity index (χ0v) is 8.35. The molecule has 0 aromatic carbocycles. The maximum absolute atomic E-state index is 4.22. The van der Waals surface area contributed by atoms with Crippen molar-refractivity contribution in [2.24, 2.45) is 0 Å². The number of nitrogens with zero attached hydrogens (tertiary/aromatic N) is 4. The van der Waals surface area contributed by atoms with Crippen molar-refractivity contribution in [3.8, 4) is 5.82 Å². The molecule has 0 N–H and O–H groups in total. The number of alkyl halides is 1. The summed E-state index contributed by atoms with van der Waals surface area (Å²) >= 11 is 3.39. The third kappa shape index (κ3) is 1.60. The van der Waals surface area contributed by atoms with Crippen LogP contribution in [0.2, 0.25) is 0 Å². The second-order valence-corrected chi connectivity index (χ2v) is 3.02. The number of pyridine rings is 1. The van der Waals surface area contributed by atoms with E-state index in [-0.39, 0.29) is 0 Å². The summed E-state index contributed by atoms with van der Waals surface area (Å²) in [5.41, 5.74) is 1.09. The Morgan fingerprint density at radius 3 is 3.08 bits per heavy atom. The summed E-state index contributed by atoms with van der Waals surface area (Å²) in [6.45, 7) is 0. The number of hydrogen-bond acceptors (Lipinski definition) is 3. The molecule has 5 heteroatoms. The molecule has 0 unspecified atom stereocenters. The first-order chi connectivity index (χ1) is 6.42. The summed E-state index contributed by atoms with van der Waals surface area (Å²) < 4.78 is 1.65. The standard InChI is InChI=1S/C8H7BrN4/c9-4-7-2-1-3-11-8(7)13-6-10-5-12-13/h1-3,5-6H,4H2. The highest BCUT2D eigenvalue weighted by atomic mass is 79.9. The zero-order valence-electron chi connectivity index (χ0n) is 6.76. The molecule has 0 bridgehead atoms. The molecule has 4 nitrogen and oxygen atoms in total. The number of hydrogen-bond donors (Lipinski definition) is 0. The minimum atomic E-state index is 0.760. The molecule has 13 heavy (non-hydrogen) atoms. The molecule has 0 aliphatic carbocycles. The summed E-state index contributed by atoms with van der Waals surface area (Å²) in [5.74, 6) is 0.817. The Balaban J connectivity index is 2.51. The largest absolute Gasteiger partial charge is 0.237 e. The first kappa shape index (κ1) is 8.37. The van der Waals surface area contributed by atoms with Crippen LogP contribution in [0.4, 0.5) is 0 Å². The number of aromatic nitrogens is 4. The molecule has 2 aromatic rings. The Bertz CT molecular complexity index is 385. The van der Waals surface area contributed by atoms with Gasteiger partial charge in [0.2, 0.25) is 0 Å². The molecule has 2 heterocycles. The molecule has 0 saturated heterocycles. The van der Waals surface area contributed by atoms with E-state index in [1.807, 2.05) is 12.1 Å². The molecule has 0 fully saturated rings. The van der Waals surface area contributed by atoms with Gasteiger partial charge >= 0.3 is 0 Å². The van der Waals surface area contributed by atoms with E-state index in [1.54, 1.807) is 17.2 Å². The topological polar surface area (TPSA) is 43.6 Å². The van der Waals surface area contributed by atoms with Crippen molar-refractivity contribution in [1.29, 1.82) is 0 Å². The Kier molecular flexibility index (Phi) is 2.35. The van der Waals surface area contributed by atoms with Gasteiger partial charge in [0.25, 0.3) is 0 Å². The van der Waals surface area contributed by atoms with Gasteiger partial charge in [0, 0.05) is 17.1 Å². The SMILES string of the molecule is BrCc1cccnc1-n1cncn1. The first-order valence-corrected chi connectivity index (χ1v) is 4.89. The lowest BCUT2D eigenvalue weighted by molar-refractivity contribution is 0.835. The molecular formula is C8H7BrN4. The summed E-state index contributed by atoms with van der Waals surface area (Å²) in [4.78, 5) is 8.09. The molecular weight excluding hydrogens is 232 g/mol. The first-order valence-electron chi connectivity index (χ1n) is 3.76. The summed E-state index contributed by atoms with van der Waals surface area (Å²) in [6, 6.07) is 3.90. The normalized spacial score (nSPS) is 10.2. The van der Waals surface area contributed by atoms with Crippen molar-refractivity contribution in [2.45, 2.75) is 5.33 Å². The van der Waals surface area contributed by atoms with Gasteiger partial charge in [0.15, 0.2) is 5.82 Å². The molecule has 2 aromatic heterocycles. The van der Waals surface area contributed by atoms with Crippen molar-refractivity contribution >= 4 is 15.9 Å². The summed E-state index contributed by atoms with van der Waals surface area (Å²) in [6.07, 6.45) is 4.87. The van der Waals surface area contributed by atoms with E-state index in [0.717, 1.165) is 16.7 Å². The average Bonchev–Trinajstić information content (AvgIpc) is 2.70. The lowest BCUT2D eigenvalue weighted by atomic mass is 10.3. The lowest BCUT2D eigenvalue weighted by Gasteiger charge is -2.03. The fraction of sp³-hybridized carbons (Fsp3) is 0.125. The van der Waals surface area contributed by atoms with Crippen LogP contribution in [0.25, 0.3) is 5.82 Å². The summed E-state index contributed by atoms with van der Waals surface area (Å²) in [5, 5.41) is 4.78. The van der Waals surface area contributed by atoms with E-state index in [2.05, 4.69) is 31.0 Å². The third-order valence-electron chi connectivity index (χ3n) is 1.65. The van der Waals surface area contributed by atoms with Crippen LogP contribution < -0.4 is 0 Å². The van der Waals surface area contributed by atoms with Crippen molar-refractivity contribution in [2.75, 3.05) is 0 Å². The van der Waals surface area contributed by atoms with E-state index < -0.39 is 0 Å². The molecule has 0 radical (unpaired) electrons. The van der Waals surface area contributed by atoms with Crippen LogP contribution in [0.3, 0.4) is 0 Å². The van der Waals surface area contributed by atoms with Gasteiger partial charge in [-0.1, -0.05) is 22.0 Å². The Morgan fingerprint density at radius 1 is 1.46 bits per heavy atom. The van der Waals surface area contributed by atoms with Crippen LogP contribution in [0, 0.1) is 0 Å². The van der Waals surface area contributed by atoms with Crippen LogP contribution >= 0.6 is 15.9 Å². The predicted molar refractivity (Wildman–Crippen MR) is 51.8 cm³/mol.